The first-order valence-electron chi connectivity index (χ1n) is 7.63. The van der Waals surface area contributed by atoms with Crippen molar-refractivity contribution in [3.63, 3.8) is 0 Å². The fraction of sp³-hybridized carbons (Fsp3) is 0.176. The number of hydrogen-bond donors (Lipinski definition) is 1. The first kappa shape index (κ1) is 20.0. The van der Waals surface area contributed by atoms with Crippen LogP contribution in [0.3, 0.4) is 0 Å². The predicted octanol–water partition coefficient (Wildman–Crippen LogP) is 4.59. The molecule has 10 heteroatoms. The van der Waals surface area contributed by atoms with Crippen molar-refractivity contribution in [3.8, 4) is 5.75 Å². The summed E-state index contributed by atoms with van der Waals surface area (Å²) in [4.78, 5) is 33.4. The molecule has 0 aliphatic rings. The van der Waals surface area contributed by atoms with E-state index in [9.17, 15) is 19.7 Å². The van der Waals surface area contributed by atoms with Crippen LogP contribution in [0.5, 0.6) is 5.75 Å². The van der Waals surface area contributed by atoms with Gasteiger partial charge in [0, 0.05) is 17.2 Å². The second-order valence-corrected chi connectivity index (χ2v) is 5.84. The maximum Gasteiger partial charge on any atom is 0.273 e. The van der Waals surface area contributed by atoms with Crippen LogP contribution in [0.1, 0.15) is 13.3 Å². The number of anilines is 1. The number of amides is 1. The Balaban J connectivity index is 2.38. The molecule has 140 valence electrons. The number of non-ortho nitro benzene ring substituents is 1. The number of Topliss-reactive ketones (excluding diaryl/α,β-unsaturated/α-hetero) is 1. The number of rotatable bonds is 7. The molecule has 0 saturated heterocycles. The van der Waals surface area contributed by atoms with Crippen LogP contribution in [-0.2, 0) is 9.59 Å². The van der Waals surface area contributed by atoms with Crippen LogP contribution in [0.2, 0.25) is 5.02 Å². The molecule has 0 spiro atoms. The molecule has 9 nitrogen and oxygen atoms in total. The minimum absolute atomic E-state index is 0.138. The van der Waals surface area contributed by atoms with Gasteiger partial charge in [0.15, 0.2) is 0 Å². The zero-order valence-electron chi connectivity index (χ0n) is 14.4. The minimum Gasteiger partial charge on any atom is -0.494 e. The topological polar surface area (TPSA) is 123 Å². The van der Waals surface area contributed by atoms with Crippen LogP contribution in [-0.4, -0.2) is 23.7 Å². The van der Waals surface area contributed by atoms with Crippen molar-refractivity contribution in [1.29, 1.82) is 0 Å². The number of nitro groups is 1. The predicted molar refractivity (Wildman–Crippen MR) is 99.2 cm³/mol. The average Bonchev–Trinajstić information content (AvgIpc) is 2.59. The van der Waals surface area contributed by atoms with Gasteiger partial charge in [0.25, 0.3) is 5.69 Å². The Bertz CT molecular complexity index is 930. The van der Waals surface area contributed by atoms with Gasteiger partial charge in [0.05, 0.1) is 24.1 Å². The molecule has 0 saturated carbocycles. The summed E-state index contributed by atoms with van der Waals surface area (Å²) in [5, 5.41) is 21.6. The van der Waals surface area contributed by atoms with E-state index in [1.165, 1.54) is 32.2 Å². The quantitative estimate of drug-likeness (QED) is 0.320. The van der Waals surface area contributed by atoms with Gasteiger partial charge in [-0.2, -0.15) is 5.11 Å². The molecule has 0 aliphatic heterocycles. The zero-order chi connectivity index (χ0) is 20.0. The van der Waals surface area contributed by atoms with Gasteiger partial charge in [-0.05, 0) is 25.1 Å². The lowest BCUT2D eigenvalue weighted by Crippen LogP contribution is -2.15. The highest BCUT2D eigenvalue weighted by molar-refractivity contribution is 6.31. The fourth-order valence-corrected chi connectivity index (χ4v) is 2.37. The summed E-state index contributed by atoms with van der Waals surface area (Å²) < 4.78 is 5.20. The molecule has 0 aromatic heterocycles. The van der Waals surface area contributed by atoms with Crippen LogP contribution in [0.4, 0.5) is 22.7 Å². The summed E-state index contributed by atoms with van der Waals surface area (Å²) in [5.74, 6) is -0.501. The lowest BCUT2D eigenvalue weighted by Gasteiger charge is -2.11. The Morgan fingerprint density at radius 3 is 2.63 bits per heavy atom. The Morgan fingerprint density at radius 2 is 2.00 bits per heavy atom. The van der Waals surface area contributed by atoms with Crippen LogP contribution in [0.25, 0.3) is 0 Å². The van der Waals surface area contributed by atoms with Gasteiger partial charge in [-0.1, -0.05) is 17.7 Å². The van der Waals surface area contributed by atoms with Crippen molar-refractivity contribution >= 4 is 46.0 Å². The zero-order valence-corrected chi connectivity index (χ0v) is 15.2. The molecular weight excluding hydrogens is 376 g/mol. The number of methoxy groups -OCH3 is 1. The maximum absolute atomic E-state index is 11.9. The molecule has 1 N–H and O–H groups in total. The van der Waals surface area contributed by atoms with E-state index in [1.807, 2.05) is 0 Å². The van der Waals surface area contributed by atoms with E-state index in [0.717, 1.165) is 0 Å². The summed E-state index contributed by atoms with van der Waals surface area (Å²) in [6.07, 6.45) is -0.297. The van der Waals surface area contributed by atoms with Gasteiger partial charge >= 0.3 is 0 Å². The molecule has 0 unspecified atom stereocenters. The monoisotopic (exact) mass is 390 g/mol. The maximum atomic E-state index is 11.9. The highest BCUT2D eigenvalue weighted by atomic mass is 35.5. The number of para-hydroxylation sites is 1. The molecule has 0 atom stereocenters. The summed E-state index contributed by atoms with van der Waals surface area (Å²) >= 11 is 5.86. The number of nitrogens with zero attached hydrogens (tertiary/aromatic N) is 3. The molecule has 0 aliphatic carbocycles. The van der Waals surface area contributed by atoms with Crippen molar-refractivity contribution in [1.82, 2.24) is 0 Å². The van der Waals surface area contributed by atoms with Gasteiger partial charge in [0.2, 0.25) is 5.91 Å². The van der Waals surface area contributed by atoms with Crippen LogP contribution in [0, 0.1) is 10.1 Å². The fourth-order valence-electron chi connectivity index (χ4n) is 2.14. The number of carbonyl (C=O) groups excluding carboxylic acids is 2. The third-order valence-electron chi connectivity index (χ3n) is 3.25. The van der Waals surface area contributed by atoms with Crippen molar-refractivity contribution < 1.29 is 19.2 Å². The van der Waals surface area contributed by atoms with E-state index in [4.69, 9.17) is 16.3 Å². The summed E-state index contributed by atoms with van der Waals surface area (Å²) in [6, 6.07) is 8.62. The highest BCUT2D eigenvalue weighted by Crippen LogP contribution is 2.36. The Hall–Kier alpha value is -3.33. The van der Waals surface area contributed by atoms with Gasteiger partial charge < -0.3 is 10.1 Å². The smallest absolute Gasteiger partial charge is 0.273 e. The standard InChI is InChI=1S/C17H15ClN4O5/c1-10(23)6-16(24)19-17-14(4-3-5-15(17)27-2)21-20-12-7-11(18)8-13(9-12)22(25)26/h3-5,7-9H,6H2,1-2H3,(H,19,24). The van der Waals surface area contributed by atoms with E-state index < -0.39 is 10.8 Å². The van der Waals surface area contributed by atoms with E-state index >= 15 is 0 Å². The molecule has 27 heavy (non-hydrogen) atoms. The second-order valence-electron chi connectivity index (χ2n) is 5.41. The van der Waals surface area contributed by atoms with Gasteiger partial charge in [-0.3, -0.25) is 19.7 Å². The van der Waals surface area contributed by atoms with E-state index in [0.29, 0.717) is 5.75 Å². The summed E-state index contributed by atoms with van der Waals surface area (Å²) in [7, 11) is 1.41. The molecule has 2 aromatic rings. The van der Waals surface area contributed by atoms with Crippen molar-refractivity contribution in [3.05, 3.63) is 51.5 Å². The van der Waals surface area contributed by atoms with Gasteiger partial charge in [-0.15, -0.1) is 5.11 Å². The van der Waals surface area contributed by atoms with Crippen molar-refractivity contribution in [2.75, 3.05) is 12.4 Å². The first-order valence-corrected chi connectivity index (χ1v) is 8.01. The Kier molecular flexibility index (Phi) is 6.56. The number of ether oxygens (including phenoxy) is 1. The Morgan fingerprint density at radius 1 is 1.26 bits per heavy atom. The number of nitro benzene ring substituents is 1. The third-order valence-corrected chi connectivity index (χ3v) is 3.47. The van der Waals surface area contributed by atoms with E-state index in [-0.39, 0.29) is 40.0 Å². The lowest BCUT2D eigenvalue weighted by molar-refractivity contribution is -0.384. The van der Waals surface area contributed by atoms with E-state index in [2.05, 4.69) is 15.5 Å². The minimum atomic E-state index is -0.593. The molecule has 1 amide bonds. The molecule has 2 rings (SSSR count). The van der Waals surface area contributed by atoms with E-state index in [1.54, 1.807) is 18.2 Å². The lowest BCUT2D eigenvalue weighted by atomic mass is 10.2. The number of azo groups is 1. The third kappa shape index (κ3) is 5.58. The molecule has 0 radical (unpaired) electrons. The molecule has 0 bridgehead atoms. The molecule has 0 fully saturated rings. The second kappa shape index (κ2) is 8.86. The number of ketones is 1. The van der Waals surface area contributed by atoms with Crippen LogP contribution >= 0.6 is 11.6 Å². The number of nitrogens with one attached hydrogen (secondary N) is 1. The molecule has 0 heterocycles. The number of halogens is 1. The van der Waals surface area contributed by atoms with Crippen LogP contribution in [0.15, 0.2) is 46.6 Å². The highest BCUT2D eigenvalue weighted by Gasteiger charge is 2.14. The summed E-state index contributed by atoms with van der Waals surface area (Å²) in [5.41, 5.74) is 0.413. The first-order chi connectivity index (χ1) is 12.8. The SMILES string of the molecule is COc1cccc(N=Nc2cc(Cl)cc([N+](=O)[O-])c2)c1NC(=O)CC(C)=O. The number of benzene rings is 2. The number of carbonyl (C=O) groups is 2. The average molecular weight is 391 g/mol. The molecular formula is C17H15ClN4O5. The Labute approximate surface area is 159 Å². The van der Waals surface area contributed by atoms with Crippen molar-refractivity contribution in [2.45, 2.75) is 13.3 Å². The van der Waals surface area contributed by atoms with Gasteiger partial charge in [0.1, 0.15) is 22.9 Å². The summed E-state index contributed by atoms with van der Waals surface area (Å²) in [6.45, 7) is 1.30. The van der Waals surface area contributed by atoms with Gasteiger partial charge in [-0.25, -0.2) is 0 Å². The van der Waals surface area contributed by atoms with Crippen LogP contribution < -0.4 is 10.1 Å². The molecule has 2 aromatic carbocycles. The number of hydrogen-bond acceptors (Lipinski definition) is 7. The normalized spacial score (nSPS) is 10.6. The largest absolute Gasteiger partial charge is 0.494 e. The van der Waals surface area contributed by atoms with Crippen molar-refractivity contribution in [2.24, 2.45) is 10.2 Å².